The van der Waals surface area contributed by atoms with Gasteiger partial charge < -0.3 is 0 Å². The highest BCUT2D eigenvalue weighted by molar-refractivity contribution is 5.51. The zero-order valence-corrected chi connectivity index (χ0v) is 8.06. The van der Waals surface area contributed by atoms with Gasteiger partial charge in [-0.3, -0.25) is 9.25 Å². The fourth-order valence-corrected chi connectivity index (χ4v) is 1.26. The molecule has 0 radical (unpaired) electrons. The lowest BCUT2D eigenvalue weighted by Crippen LogP contribution is -2.12. The van der Waals surface area contributed by atoms with E-state index in [-0.39, 0.29) is 5.69 Å². The highest BCUT2D eigenvalue weighted by Crippen LogP contribution is 2.12. The molecule has 0 amide bonds. The number of nitrogens with zero attached hydrogens (tertiary/aromatic N) is 4. The topological polar surface area (TPSA) is 68.5 Å². The van der Waals surface area contributed by atoms with Gasteiger partial charge in [0.15, 0.2) is 5.82 Å². The lowest BCUT2D eigenvalue weighted by Gasteiger charge is -1.93. The molecule has 0 atom stereocenters. The number of aromatic nitrogens is 5. The second-order valence-corrected chi connectivity index (χ2v) is 3.00. The van der Waals surface area contributed by atoms with Crippen LogP contribution in [0.3, 0.4) is 0 Å². The summed E-state index contributed by atoms with van der Waals surface area (Å²) < 4.78 is 3.24. The Balaban J connectivity index is 2.49. The van der Waals surface area contributed by atoms with E-state index in [1.165, 1.54) is 4.57 Å². The number of H-pyrrole nitrogens is 1. The van der Waals surface area contributed by atoms with E-state index in [9.17, 15) is 4.79 Å². The zero-order valence-electron chi connectivity index (χ0n) is 8.06. The molecule has 2 aromatic heterocycles. The van der Waals surface area contributed by atoms with Crippen LogP contribution in [-0.4, -0.2) is 24.5 Å². The minimum absolute atomic E-state index is 0.218. The first-order chi connectivity index (χ1) is 6.72. The minimum atomic E-state index is -0.218. The van der Waals surface area contributed by atoms with Crippen LogP contribution in [0.5, 0.6) is 0 Å². The predicted molar refractivity (Wildman–Crippen MR) is 50.7 cm³/mol. The smallest absolute Gasteiger partial charge is 0.278 e. The maximum absolute atomic E-state index is 11.1. The third-order valence-corrected chi connectivity index (χ3v) is 2.10. The van der Waals surface area contributed by atoms with Crippen LogP contribution in [0, 0.1) is 0 Å². The Morgan fingerprint density at radius 3 is 2.86 bits per heavy atom. The van der Waals surface area contributed by atoms with E-state index in [1.54, 1.807) is 17.9 Å². The van der Waals surface area contributed by atoms with Gasteiger partial charge in [-0.1, -0.05) is 0 Å². The molecule has 0 fully saturated rings. The fourth-order valence-electron chi connectivity index (χ4n) is 1.26. The Bertz CT molecular complexity index is 492. The molecule has 6 nitrogen and oxygen atoms in total. The molecule has 0 bridgehead atoms. The van der Waals surface area contributed by atoms with Gasteiger partial charge in [-0.05, 0) is 6.92 Å². The Morgan fingerprint density at radius 1 is 1.57 bits per heavy atom. The number of hydrogen-bond acceptors (Lipinski definition) is 3. The summed E-state index contributed by atoms with van der Waals surface area (Å²) in [4.78, 5) is 11.1. The van der Waals surface area contributed by atoms with Gasteiger partial charge in [-0.15, -0.1) is 0 Å². The van der Waals surface area contributed by atoms with Crippen molar-refractivity contribution in [1.29, 1.82) is 0 Å². The largest absolute Gasteiger partial charge is 0.343 e. The molecule has 0 spiro atoms. The van der Waals surface area contributed by atoms with Crippen LogP contribution < -0.4 is 5.69 Å². The average Bonchev–Trinajstić information content (AvgIpc) is 2.75. The third kappa shape index (κ3) is 1.24. The lowest BCUT2D eigenvalue weighted by atomic mass is 10.3. The molecule has 0 saturated heterocycles. The molecule has 0 saturated carbocycles. The van der Waals surface area contributed by atoms with Crippen LogP contribution in [0.2, 0.25) is 0 Å². The maximum Gasteiger partial charge on any atom is 0.343 e. The van der Waals surface area contributed by atoms with Crippen LogP contribution in [0.1, 0.15) is 6.92 Å². The Kier molecular flexibility index (Phi) is 1.95. The SMILES string of the molecule is CCn1cc(-c2n[nH]c(=O)n2C)cn1. The summed E-state index contributed by atoms with van der Waals surface area (Å²) >= 11 is 0. The summed E-state index contributed by atoms with van der Waals surface area (Å²) in [5.41, 5.74) is 0.622. The summed E-state index contributed by atoms with van der Waals surface area (Å²) in [7, 11) is 1.67. The van der Waals surface area contributed by atoms with Crippen LogP contribution in [-0.2, 0) is 13.6 Å². The first-order valence-electron chi connectivity index (χ1n) is 4.36. The maximum atomic E-state index is 11.1. The molecule has 2 aromatic rings. The number of aromatic amines is 1. The van der Waals surface area contributed by atoms with Gasteiger partial charge in [0.05, 0.1) is 11.8 Å². The van der Waals surface area contributed by atoms with Gasteiger partial charge in [0.1, 0.15) is 0 Å². The Hall–Kier alpha value is -1.85. The number of hydrogen-bond donors (Lipinski definition) is 1. The van der Waals surface area contributed by atoms with E-state index in [4.69, 9.17) is 0 Å². The molecule has 0 aliphatic carbocycles. The molecule has 14 heavy (non-hydrogen) atoms. The van der Waals surface area contributed by atoms with Crippen molar-refractivity contribution in [3.8, 4) is 11.4 Å². The van der Waals surface area contributed by atoms with Gasteiger partial charge in [-0.25, -0.2) is 9.89 Å². The number of aryl methyl sites for hydroxylation is 1. The van der Waals surface area contributed by atoms with Crippen molar-refractivity contribution < 1.29 is 0 Å². The first-order valence-corrected chi connectivity index (χ1v) is 4.36. The summed E-state index contributed by atoms with van der Waals surface area (Å²) in [6, 6.07) is 0. The van der Waals surface area contributed by atoms with Crippen molar-refractivity contribution in [2.75, 3.05) is 0 Å². The van der Waals surface area contributed by atoms with Crippen molar-refractivity contribution in [3.63, 3.8) is 0 Å². The van der Waals surface area contributed by atoms with E-state index in [1.807, 2.05) is 13.1 Å². The average molecular weight is 193 g/mol. The van der Waals surface area contributed by atoms with Crippen LogP contribution >= 0.6 is 0 Å². The fraction of sp³-hybridized carbons (Fsp3) is 0.375. The van der Waals surface area contributed by atoms with E-state index in [0.29, 0.717) is 5.82 Å². The molecule has 6 heteroatoms. The van der Waals surface area contributed by atoms with Crippen molar-refractivity contribution in [2.24, 2.45) is 7.05 Å². The van der Waals surface area contributed by atoms with Crippen LogP contribution in [0.4, 0.5) is 0 Å². The predicted octanol–water partition coefficient (Wildman–Crippen LogP) is -0.00820. The Labute approximate surface area is 80.2 Å². The molecule has 2 heterocycles. The Morgan fingerprint density at radius 2 is 2.36 bits per heavy atom. The second kappa shape index (κ2) is 3.13. The van der Waals surface area contributed by atoms with Gasteiger partial charge in [0.25, 0.3) is 0 Å². The highest BCUT2D eigenvalue weighted by Gasteiger charge is 2.08. The quantitative estimate of drug-likeness (QED) is 0.729. The van der Waals surface area contributed by atoms with Crippen molar-refractivity contribution >= 4 is 0 Å². The first kappa shape index (κ1) is 8.74. The standard InChI is InChI=1S/C8H11N5O/c1-3-13-5-6(4-9-13)7-10-11-8(14)12(7)2/h4-5H,3H2,1-2H3,(H,11,14). The monoisotopic (exact) mass is 193 g/mol. The van der Waals surface area contributed by atoms with Crippen LogP contribution in [0.15, 0.2) is 17.2 Å². The molecule has 0 aliphatic rings. The molecule has 1 N–H and O–H groups in total. The molecule has 2 rings (SSSR count). The minimum Gasteiger partial charge on any atom is -0.278 e. The summed E-state index contributed by atoms with van der Waals surface area (Å²) in [5.74, 6) is 0.606. The molecule has 74 valence electrons. The van der Waals surface area contributed by atoms with Gasteiger partial charge in [-0.2, -0.15) is 10.2 Å². The molecule has 0 unspecified atom stereocenters. The molecule has 0 aromatic carbocycles. The molecule has 0 aliphatic heterocycles. The lowest BCUT2D eigenvalue weighted by molar-refractivity contribution is 0.660. The molecular weight excluding hydrogens is 182 g/mol. The van der Waals surface area contributed by atoms with Crippen LogP contribution in [0.25, 0.3) is 11.4 Å². The molecular formula is C8H11N5O. The second-order valence-electron chi connectivity index (χ2n) is 3.00. The summed E-state index contributed by atoms with van der Waals surface area (Å²) in [6.07, 6.45) is 3.55. The van der Waals surface area contributed by atoms with Gasteiger partial charge in [0.2, 0.25) is 0 Å². The van der Waals surface area contributed by atoms with Crippen molar-refractivity contribution in [1.82, 2.24) is 24.5 Å². The third-order valence-electron chi connectivity index (χ3n) is 2.10. The zero-order chi connectivity index (χ0) is 10.1. The van der Waals surface area contributed by atoms with E-state index < -0.39 is 0 Å². The van der Waals surface area contributed by atoms with Crippen molar-refractivity contribution in [2.45, 2.75) is 13.5 Å². The van der Waals surface area contributed by atoms with E-state index >= 15 is 0 Å². The van der Waals surface area contributed by atoms with Crippen molar-refractivity contribution in [3.05, 3.63) is 22.9 Å². The van der Waals surface area contributed by atoms with E-state index in [2.05, 4.69) is 15.3 Å². The number of rotatable bonds is 2. The summed E-state index contributed by atoms with van der Waals surface area (Å²) in [6.45, 7) is 2.80. The number of nitrogens with one attached hydrogen (secondary N) is 1. The van der Waals surface area contributed by atoms with Gasteiger partial charge >= 0.3 is 5.69 Å². The normalized spacial score (nSPS) is 10.7. The highest BCUT2D eigenvalue weighted by atomic mass is 16.1. The van der Waals surface area contributed by atoms with E-state index in [0.717, 1.165) is 12.1 Å². The van der Waals surface area contributed by atoms with Gasteiger partial charge in [0, 0.05) is 19.8 Å². The summed E-state index contributed by atoms with van der Waals surface area (Å²) in [5, 5.41) is 10.4.